The molecule has 1 aromatic rings. The zero-order chi connectivity index (χ0) is 10.9. The van der Waals surface area contributed by atoms with Crippen molar-refractivity contribution in [2.75, 3.05) is 6.54 Å². The van der Waals surface area contributed by atoms with E-state index in [-0.39, 0.29) is 5.60 Å². The molecular weight excluding hydrogens is 186 g/mol. The van der Waals surface area contributed by atoms with Crippen LogP contribution in [0.1, 0.15) is 31.4 Å². The van der Waals surface area contributed by atoms with Crippen molar-refractivity contribution in [2.24, 2.45) is 5.73 Å². The lowest BCUT2D eigenvalue weighted by atomic mass is 9.99. The maximum atomic E-state index is 5.83. The molecule has 0 spiro atoms. The van der Waals surface area contributed by atoms with Crippen molar-refractivity contribution < 1.29 is 4.74 Å². The smallest absolute Gasteiger partial charge is 0.123 e. The number of aryl methyl sites for hydroxylation is 1. The molecule has 0 atom stereocenters. The van der Waals surface area contributed by atoms with Crippen molar-refractivity contribution in [1.29, 1.82) is 0 Å². The normalized spacial score (nSPS) is 17.3. The van der Waals surface area contributed by atoms with E-state index in [0.29, 0.717) is 0 Å². The lowest BCUT2D eigenvalue weighted by Gasteiger charge is -2.16. The zero-order valence-electron chi connectivity index (χ0n) is 9.55. The second-order valence-corrected chi connectivity index (χ2v) is 4.87. The minimum Gasteiger partial charge on any atom is -0.487 e. The molecule has 0 saturated heterocycles. The molecule has 1 aromatic carbocycles. The average molecular weight is 205 g/mol. The van der Waals surface area contributed by atoms with Gasteiger partial charge in [-0.15, -0.1) is 0 Å². The molecule has 15 heavy (non-hydrogen) atoms. The molecule has 0 amide bonds. The molecule has 0 saturated carbocycles. The second-order valence-electron chi connectivity index (χ2n) is 4.87. The Morgan fingerprint density at radius 1 is 1.40 bits per heavy atom. The van der Waals surface area contributed by atoms with Gasteiger partial charge in [-0.25, -0.2) is 0 Å². The van der Waals surface area contributed by atoms with Gasteiger partial charge < -0.3 is 10.5 Å². The van der Waals surface area contributed by atoms with Crippen molar-refractivity contribution in [1.82, 2.24) is 0 Å². The molecule has 2 heteroatoms. The molecule has 2 nitrogen and oxygen atoms in total. The first-order valence-corrected chi connectivity index (χ1v) is 5.62. The number of hydrogen-bond acceptors (Lipinski definition) is 2. The molecule has 1 aliphatic rings. The van der Waals surface area contributed by atoms with E-state index >= 15 is 0 Å². The van der Waals surface area contributed by atoms with Crippen LogP contribution in [-0.4, -0.2) is 12.1 Å². The monoisotopic (exact) mass is 205 g/mol. The summed E-state index contributed by atoms with van der Waals surface area (Å²) in [5.74, 6) is 1.05. The Bertz CT molecular complexity index is 358. The number of fused-ring (bicyclic) bond motifs is 1. The van der Waals surface area contributed by atoms with E-state index in [0.717, 1.165) is 31.6 Å². The fourth-order valence-corrected chi connectivity index (χ4v) is 2.12. The zero-order valence-corrected chi connectivity index (χ0v) is 9.55. The van der Waals surface area contributed by atoms with Crippen LogP contribution in [0.25, 0.3) is 0 Å². The molecule has 0 fully saturated rings. The Kier molecular flexibility index (Phi) is 2.70. The lowest BCUT2D eigenvalue weighted by Crippen LogP contribution is -2.24. The summed E-state index contributed by atoms with van der Waals surface area (Å²) in [5, 5.41) is 0. The molecule has 0 bridgehead atoms. The van der Waals surface area contributed by atoms with Crippen LogP contribution >= 0.6 is 0 Å². The maximum absolute atomic E-state index is 5.83. The van der Waals surface area contributed by atoms with E-state index in [9.17, 15) is 0 Å². The van der Waals surface area contributed by atoms with Crippen LogP contribution < -0.4 is 10.5 Å². The summed E-state index contributed by atoms with van der Waals surface area (Å²) >= 11 is 0. The quantitative estimate of drug-likeness (QED) is 0.821. The van der Waals surface area contributed by atoms with Gasteiger partial charge in [-0.2, -0.15) is 0 Å². The average Bonchev–Trinajstić information content (AvgIpc) is 2.47. The standard InChI is InChI=1S/C13H19NO/c1-13(2)9-11-8-10(4-3-7-14)5-6-12(11)15-13/h5-6,8H,3-4,7,9,14H2,1-2H3. The number of benzene rings is 1. The molecule has 82 valence electrons. The highest BCUT2D eigenvalue weighted by Gasteiger charge is 2.29. The van der Waals surface area contributed by atoms with E-state index in [1.165, 1.54) is 11.1 Å². The van der Waals surface area contributed by atoms with E-state index in [1.807, 2.05) is 0 Å². The minimum absolute atomic E-state index is 0.0329. The maximum Gasteiger partial charge on any atom is 0.123 e. The van der Waals surface area contributed by atoms with Crippen LogP contribution in [0, 0.1) is 0 Å². The van der Waals surface area contributed by atoms with Crippen LogP contribution in [0.15, 0.2) is 18.2 Å². The summed E-state index contributed by atoms with van der Waals surface area (Å²) in [7, 11) is 0. The van der Waals surface area contributed by atoms with Crippen molar-refractivity contribution in [2.45, 2.75) is 38.7 Å². The molecule has 0 aliphatic carbocycles. The van der Waals surface area contributed by atoms with Crippen molar-refractivity contribution in [3.05, 3.63) is 29.3 Å². The first kappa shape index (κ1) is 10.5. The van der Waals surface area contributed by atoms with Crippen LogP contribution in [0.4, 0.5) is 0 Å². The fraction of sp³-hybridized carbons (Fsp3) is 0.538. The molecule has 2 rings (SSSR count). The third-order valence-electron chi connectivity index (χ3n) is 2.80. The SMILES string of the molecule is CC1(C)Cc2cc(CCCN)ccc2O1. The van der Waals surface area contributed by atoms with Gasteiger partial charge in [-0.05, 0) is 50.4 Å². The van der Waals surface area contributed by atoms with Gasteiger partial charge in [0.15, 0.2) is 0 Å². The Morgan fingerprint density at radius 3 is 2.93 bits per heavy atom. The first-order chi connectivity index (χ1) is 7.11. The summed E-state index contributed by atoms with van der Waals surface area (Å²) in [6.45, 7) is 5.03. The second kappa shape index (κ2) is 3.86. The summed E-state index contributed by atoms with van der Waals surface area (Å²) in [6.07, 6.45) is 3.14. The Hall–Kier alpha value is -1.02. The predicted molar refractivity (Wildman–Crippen MR) is 62.2 cm³/mol. The highest BCUT2D eigenvalue weighted by molar-refractivity contribution is 5.41. The van der Waals surface area contributed by atoms with Crippen LogP contribution in [-0.2, 0) is 12.8 Å². The largest absolute Gasteiger partial charge is 0.487 e. The van der Waals surface area contributed by atoms with E-state index < -0.39 is 0 Å². The highest BCUT2D eigenvalue weighted by atomic mass is 16.5. The molecular formula is C13H19NO. The molecule has 0 radical (unpaired) electrons. The summed E-state index contributed by atoms with van der Waals surface area (Å²) in [4.78, 5) is 0. The van der Waals surface area contributed by atoms with E-state index in [2.05, 4.69) is 32.0 Å². The fourth-order valence-electron chi connectivity index (χ4n) is 2.12. The molecule has 0 aromatic heterocycles. The minimum atomic E-state index is -0.0329. The Labute approximate surface area is 91.4 Å². The third-order valence-corrected chi connectivity index (χ3v) is 2.80. The first-order valence-electron chi connectivity index (χ1n) is 5.62. The van der Waals surface area contributed by atoms with Crippen molar-refractivity contribution >= 4 is 0 Å². The summed E-state index contributed by atoms with van der Waals surface area (Å²) in [6, 6.07) is 6.51. The van der Waals surface area contributed by atoms with E-state index in [1.54, 1.807) is 0 Å². The summed E-state index contributed by atoms with van der Waals surface area (Å²) in [5.41, 5.74) is 8.19. The van der Waals surface area contributed by atoms with Gasteiger partial charge in [0.1, 0.15) is 11.4 Å². The molecule has 1 aliphatic heterocycles. The number of rotatable bonds is 3. The van der Waals surface area contributed by atoms with Crippen molar-refractivity contribution in [3.63, 3.8) is 0 Å². The number of ether oxygens (including phenoxy) is 1. The third kappa shape index (κ3) is 2.32. The van der Waals surface area contributed by atoms with Gasteiger partial charge in [0.2, 0.25) is 0 Å². The van der Waals surface area contributed by atoms with Crippen molar-refractivity contribution in [3.8, 4) is 5.75 Å². The van der Waals surface area contributed by atoms with E-state index in [4.69, 9.17) is 10.5 Å². The predicted octanol–water partition coefficient (Wildman–Crippen LogP) is 2.29. The molecule has 1 heterocycles. The molecule has 0 unspecified atom stereocenters. The Balaban J connectivity index is 2.15. The van der Waals surface area contributed by atoms with Gasteiger partial charge in [-0.3, -0.25) is 0 Å². The highest BCUT2D eigenvalue weighted by Crippen LogP contribution is 2.35. The summed E-state index contributed by atoms with van der Waals surface area (Å²) < 4.78 is 5.83. The van der Waals surface area contributed by atoms with Crippen LogP contribution in [0.5, 0.6) is 5.75 Å². The Morgan fingerprint density at radius 2 is 2.20 bits per heavy atom. The number of hydrogen-bond donors (Lipinski definition) is 1. The topological polar surface area (TPSA) is 35.2 Å². The van der Waals surface area contributed by atoms with Crippen LogP contribution in [0.3, 0.4) is 0 Å². The number of nitrogens with two attached hydrogens (primary N) is 1. The van der Waals surface area contributed by atoms with Gasteiger partial charge in [0, 0.05) is 6.42 Å². The van der Waals surface area contributed by atoms with Gasteiger partial charge >= 0.3 is 0 Å². The van der Waals surface area contributed by atoms with Gasteiger partial charge in [0.05, 0.1) is 0 Å². The lowest BCUT2D eigenvalue weighted by molar-refractivity contribution is 0.138. The molecule has 2 N–H and O–H groups in total. The van der Waals surface area contributed by atoms with Crippen LogP contribution in [0.2, 0.25) is 0 Å². The van der Waals surface area contributed by atoms with Gasteiger partial charge in [0.25, 0.3) is 0 Å². The van der Waals surface area contributed by atoms with Gasteiger partial charge in [-0.1, -0.05) is 12.1 Å².